The van der Waals surface area contributed by atoms with Gasteiger partial charge in [-0.05, 0) is 77.6 Å². The van der Waals surface area contributed by atoms with Crippen LogP contribution in [0.2, 0.25) is 0 Å². The lowest BCUT2D eigenvalue weighted by atomic mass is 9.60. The van der Waals surface area contributed by atoms with Gasteiger partial charge in [-0.25, -0.2) is 0 Å². The van der Waals surface area contributed by atoms with Crippen LogP contribution >= 0.6 is 0 Å². The summed E-state index contributed by atoms with van der Waals surface area (Å²) in [5.74, 6) is 0.157. The smallest absolute Gasteiger partial charge is 0.146 e. The van der Waals surface area contributed by atoms with Gasteiger partial charge in [0.05, 0.1) is 18.5 Å². The number of hydrogen-bond acceptors (Lipinski definition) is 3. The summed E-state index contributed by atoms with van der Waals surface area (Å²) in [6.07, 6.45) is 0. The summed E-state index contributed by atoms with van der Waals surface area (Å²) in [4.78, 5) is 20.7. The lowest BCUT2D eigenvalue weighted by molar-refractivity contribution is -0.208. The molecule has 4 aromatic rings. The van der Waals surface area contributed by atoms with E-state index < -0.39 is 0 Å². The van der Waals surface area contributed by atoms with E-state index >= 15 is 4.79 Å². The number of nitrogens with zero attached hydrogens (tertiary/aromatic N) is 2. The average molecular weight is 569 g/mol. The summed E-state index contributed by atoms with van der Waals surface area (Å²) >= 11 is 0. The molecule has 4 aromatic carbocycles. The van der Waals surface area contributed by atoms with Crippen LogP contribution < -0.4 is 0 Å². The van der Waals surface area contributed by atoms with Crippen LogP contribution in [-0.2, 0) is 4.79 Å². The highest BCUT2D eigenvalue weighted by molar-refractivity contribution is 5.89. The zero-order valence-corrected chi connectivity index (χ0v) is 26.9. The first-order chi connectivity index (χ1) is 20.5. The molecule has 3 nitrogen and oxygen atoms in total. The van der Waals surface area contributed by atoms with Crippen molar-refractivity contribution in [3.8, 4) is 0 Å². The normalized spacial score (nSPS) is 29.3. The molecule has 8 atom stereocenters. The van der Waals surface area contributed by atoms with Crippen LogP contribution in [0.5, 0.6) is 0 Å². The van der Waals surface area contributed by atoms with E-state index in [2.05, 4.69) is 138 Å². The van der Waals surface area contributed by atoms with Gasteiger partial charge in [-0.2, -0.15) is 0 Å². The van der Waals surface area contributed by atoms with E-state index in [9.17, 15) is 0 Å². The Morgan fingerprint density at radius 1 is 0.395 bits per heavy atom. The van der Waals surface area contributed by atoms with Gasteiger partial charge in [0.15, 0.2) is 0 Å². The average Bonchev–Trinajstić information content (AvgIpc) is 2.89. The minimum Gasteiger partial charge on any atom is -0.299 e. The highest BCUT2D eigenvalue weighted by atomic mass is 16.1. The number of carbonyl (C=O) groups excluding carboxylic acids is 1. The summed E-state index contributed by atoms with van der Waals surface area (Å²) in [6, 6.07) is 27.8. The Hall–Kier alpha value is -3.53. The lowest BCUT2D eigenvalue weighted by Gasteiger charge is -2.67. The zero-order valence-electron chi connectivity index (χ0n) is 26.9. The first-order valence-corrected chi connectivity index (χ1v) is 15.9. The van der Waals surface area contributed by atoms with Crippen molar-refractivity contribution in [1.82, 2.24) is 9.80 Å². The Morgan fingerprint density at radius 3 is 0.814 bits per heavy atom. The van der Waals surface area contributed by atoms with Crippen molar-refractivity contribution in [2.45, 2.75) is 79.6 Å². The molecule has 0 N–H and O–H groups in total. The van der Waals surface area contributed by atoms with Gasteiger partial charge in [0.2, 0.25) is 0 Å². The Morgan fingerprint density at radius 2 is 0.605 bits per heavy atom. The molecule has 4 aliphatic rings. The summed E-state index contributed by atoms with van der Waals surface area (Å²) in [6.45, 7) is 18.3. The number of ketones is 1. The molecule has 3 heteroatoms. The molecular formula is C40H44N2O. The molecule has 4 saturated heterocycles. The van der Waals surface area contributed by atoms with E-state index in [0.29, 0.717) is 5.78 Å². The first-order valence-electron chi connectivity index (χ1n) is 15.9. The Bertz CT molecular complexity index is 1440. The van der Waals surface area contributed by atoms with Crippen LogP contribution in [-0.4, -0.2) is 22.3 Å². The summed E-state index contributed by atoms with van der Waals surface area (Å²) in [5.41, 5.74) is 15.2. The van der Waals surface area contributed by atoms with Gasteiger partial charge in [-0.15, -0.1) is 0 Å². The second-order valence-corrected chi connectivity index (χ2v) is 14.1. The molecule has 0 aliphatic carbocycles. The largest absolute Gasteiger partial charge is 0.299 e. The SMILES string of the molecule is Cc1cc(C)cc([C@@H]2C3C(=O)C4[C@@H](c5cc(C)cc(C)c5)N(CN2[C@H]4c2cc(C)cc(C)c2)[C@H]3c2cc(C)cc(C)c2)c1. The standard InChI is InChI=1S/C40H44N2O/c1-22-9-23(2)14-30(13-22)36-34-37(31-15-24(3)10-25(4)16-31)42-21-41(36)38(32-17-26(5)11-27(6)18-32)35(40(34)43)39(42)33-19-28(7)12-29(8)20-33/h9-20,34-39H,21H2,1-8H3/t34?,35?,36-,37+,38+,39-. The molecule has 4 unspecified atom stereocenters. The molecule has 4 fully saturated rings. The number of hydrogen-bond donors (Lipinski definition) is 0. The number of Topliss-reactive ketones (excluding diaryl/α,β-unsaturated/α-hetero) is 1. The summed E-state index contributed by atoms with van der Waals surface area (Å²) in [7, 11) is 0. The quantitative estimate of drug-likeness (QED) is 0.246. The molecule has 0 spiro atoms. The van der Waals surface area contributed by atoms with E-state index in [1.807, 2.05) is 0 Å². The molecule has 0 saturated carbocycles. The van der Waals surface area contributed by atoms with Gasteiger partial charge >= 0.3 is 0 Å². The summed E-state index contributed by atoms with van der Waals surface area (Å²) < 4.78 is 0. The van der Waals surface area contributed by atoms with Crippen LogP contribution in [0.25, 0.3) is 0 Å². The van der Waals surface area contributed by atoms with Gasteiger partial charge in [-0.1, -0.05) is 117 Å². The summed E-state index contributed by atoms with van der Waals surface area (Å²) in [5, 5.41) is 0. The molecule has 0 radical (unpaired) electrons. The number of carbonyl (C=O) groups is 1. The maximum atomic E-state index is 15.3. The number of aryl methyl sites for hydroxylation is 8. The second kappa shape index (κ2) is 10.3. The maximum absolute atomic E-state index is 15.3. The lowest BCUT2D eigenvalue weighted by Crippen LogP contribution is -2.70. The second-order valence-electron chi connectivity index (χ2n) is 14.1. The minimum absolute atomic E-state index is 0.0235. The molecule has 4 heterocycles. The molecule has 220 valence electrons. The van der Waals surface area contributed by atoms with Crippen LogP contribution in [0.4, 0.5) is 0 Å². The highest BCUT2D eigenvalue weighted by Gasteiger charge is 2.65. The molecule has 0 amide bonds. The number of benzene rings is 4. The topological polar surface area (TPSA) is 23.6 Å². The van der Waals surface area contributed by atoms with Crippen molar-refractivity contribution in [3.05, 3.63) is 140 Å². The predicted molar refractivity (Wildman–Crippen MR) is 175 cm³/mol. The van der Waals surface area contributed by atoms with E-state index in [0.717, 1.165) is 6.67 Å². The van der Waals surface area contributed by atoms with Crippen LogP contribution in [0.15, 0.2) is 72.8 Å². The van der Waals surface area contributed by atoms with Crippen LogP contribution in [0.1, 0.15) is 90.9 Å². The van der Waals surface area contributed by atoms with Crippen molar-refractivity contribution in [3.63, 3.8) is 0 Å². The van der Waals surface area contributed by atoms with Crippen molar-refractivity contribution < 1.29 is 4.79 Å². The van der Waals surface area contributed by atoms with Gasteiger partial charge in [0.1, 0.15) is 5.78 Å². The van der Waals surface area contributed by atoms with Gasteiger partial charge in [0, 0.05) is 24.2 Å². The van der Waals surface area contributed by atoms with E-state index in [1.165, 1.54) is 66.8 Å². The van der Waals surface area contributed by atoms with Crippen LogP contribution in [0.3, 0.4) is 0 Å². The fraction of sp³-hybridized carbons (Fsp3) is 0.375. The highest BCUT2D eigenvalue weighted by Crippen LogP contribution is 2.64. The van der Waals surface area contributed by atoms with Crippen molar-refractivity contribution in [2.75, 3.05) is 6.67 Å². The monoisotopic (exact) mass is 568 g/mol. The molecule has 4 bridgehead atoms. The van der Waals surface area contributed by atoms with E-state index in [-0.39, 0.29) is 36.0 Å². The van der Waals surface area contributed by atoms with E-state index in [1.54, 1.807) is 0 Å². The molecule has 0 aromatic heterocycles. The number of piperidine rings is 2. The van der Waals surface area contributed by atoms with Gasteiger partial charge in [0.25, 0.3) is 0 Å². The first kappa shape index (κ1) is 28.3. The number of rotatable bonds is 4. The van der Waals surface area contributed by atoms with Gasteiger partial charge < -0.3 is 0 Å². The third-order valence-corrected chi connectivity index (χ3v) is 10.1. The molecule has 43 heavy (non-hydrogen) atoms. The Kier molecular flexibility index (Phi) is 6.76. The zero-order chi connectivity index (χ0) is 30.3. The Labute approximate surface area is 257 Å². The van der Waals surface area contributed by atoms with Crippen LogP contribution in [0, 0.1) is 67.2 Å². The van der Waals surface area contributed by atoms with E-state index in [4.69, 9.17) is 0 Å². The third kappa shape index (κ3) is 4.69. The van der Waals surface area contributed by atoms with Gasteiger partial charge in [-0.3, -0.25) is 14.6 Å². The van der Waals surface area contributed by atoms with Crippen molar-refractivity contribution in [2.24, 2.45) is 11.8 Å². The molecular weight excluding hydrogens is 524 g/mol. The fourth-order valence-corrected chi connectivity index (χ4v) is 9.22. The fourth-order valence-electron chi connectivity index (χ4n) is 9.22. The minimum atomic E-state index is -0.134. The maximum Gasteiger partial charge on any atom is 0.146 e. The predicted octanol–water partition coefficient (Wildman–Crippen LogP) is 8.82. The Balaban J connectivity index is 1.50. The molecule has 8 rings (SSSR count). The van der Waals surface area contributed by atoms with Crippen molar-refractivity contribution in [1.29, 1.82) is 0 Å². The molecule has 4 aliphatic heterocycles. The third-order valence-electron chi connectivity index (χ3n) is 10.1. The van der Waals surface area contributed by atoms with Crippen molar-refractivity contribution >= 4 is 5.78 Å².